The van der Waals surface area contributed by atoms with Crippen molar-refractivity contribution in [1.29, 1.82) is 0 Å². The van der Waals surface area contributed by atoms with E-state index in [1.165, 1.54) is 11.8 Å². The van der Waals surface area contributed by atoms with Crippen LogP contribution in [0.5, 0.6) is 11.5 Å². The third-order valence-electron chi connectivity index (χ3n) is 6.19. The number of hydrogen-bond donors (Lipinski definition) is 0. The second kappa shape index (κ2) is 9.50. The maximum atomic E-state index is 13.0. The summed E-state index contributed by atoms with van der Waals surface area (Å²) in [5.41, 5.74) is 3.16. The molecule has 1 fully saturated rings. The van der Waals surface area contributed by atoms with Crippen molar-refractivity contribution in [1.82, 2.24) is 14.8 Å². The van der Waals surface area contributed by atoms with E-state index in [2.05, 4.69) is 10.2 Å². The maximum Gasteiger partial charge on any atom is 0.231 e. The topological polar surface area (TPSA) is 86.6 Å². The lowest BCUT2D eigenvalue weighted by Crippen LogP contribution is -2.23. The Hall–Kier alpha value is -4.11. The minimum Gasteiger partial charge on any atom is -0.454 e. The van der Waals surface area contributed by atoms with Gasteiger partial charge in [-0.15, -0.1) is 10.2 Å². The largest absolute Gasteiger partial charge is 0.454 e. The second-order valence-electron chi connectivity index (χ2n) is 8.45. The van der Waals surface area contributed by atoms with Gasteiger partial charge in [0, 0.05) is 35.5 Å². The van der Waals surface area contributed by atoms with Crippen molar-refractivity contribution in [2.75, 3.05) is 24.0 Å². The van der Waals surface area contributed by atoms with Crippen molar-refractivity contribution in [3.8, 4) is 28.6 Å². The lowest BCUT2D eigenvalue weighted by Gasteiger charge is -2.15. The predicted octanol–water partition coefficient (Wildman–Crippen LogP) is 4.76. The third kappa shape index (κ3) is 4.22. The van der Waals surface area contributed by atoms with E-state index in [0.717, 1.165) is 29.9 Å². The van der Waals surface area contributed by atoms with Crippen LogP contribution in [0, 0.1) is 0 Å². The summed E-state index contributed by atoms with van der Waals surface area (Å²) >= 11 is 1.34. The minimum atomic E-state index is -0.0217. The fourth-order valence-corrected chi connectivity index (χ4v) is 5.20. The Labute approximate surface area is 211 Å². The molecule has 36 heavy (non-hydrogen) atoms. The number of hydrogen-bond acceptors (Lipinski definition) is 7. The summed E-state index contributed by atoms with van der Waals surface area (Å²) in [4.78, 5) is 26.7. The fraction of sp³-hybridized carbons (Fsp3) is 0.185. The number of ether oxygens (including phenoxy) is 2. The standard InChI is InChI=1S/C27H22N4O4S/c32-22(18-8-11-20(12-9-18)30-14-4-7-25(30)33)16-36-27-29-28-26(31(27)21-5-2-1-3-6-21)19-10-13-23-24(15-19)35-17-34-23/h1-3,5-6,8-13,15H,4,7,14,16-17H2. The van der Waals surface area contributed by atoms with Gasteiger partial charge in [0.2, 0.25) is 12.7 Å². The smallest absolute Gasteiger partial charge is 0.231 e. The van der Waals surface area contributed by atoms with Crippen LogP contribution in [0.2, 0.25) is 0 Å². The molecule has 0 atom stereocenters. The SMILES string of the molecule is O=C(CSc1nnc(-c2ccc3c(c2)OCO3)n1-c1ccccc1)c1ccc(N2CCCC2=O)cc1. The van der Waals surface area contributed by atoms with Crippen LogP contribution in [0.4, 0.5) is 5.69 Å². The maximum absolute atomic E-state index is 13.0. The van der Waals surface area contributed by atoms with Crippen LogP contribution in [0.1, 0.15) is 23.2 Å². The van der Waals surface area contributed by atoms with E-state index in [0.29, 0.717) is 34.5 Å². The quantitative estimate of drug-likeness (QED) is 0.268. The van der Waals surface area contributed by atoms with Gasteiger partial charge in [-0.1, -0.05) is 30.0 Å². The summed E-state index contributed by atoms with van der Waals surface area (Å²) in [6, 6.07) is 22.7. The van der Waals surface area contributed by atoms with Crippen molar-refractivity contribution in [2.45, 2.75) is 18.0 Å². The van der Waals surface area contributed by atoms with Gasteiger partial charge in [-0.2, -0.15) is 0 Å². The molecular formula is C27H22N4O4S. The van der Waals surface area contributed by atoms with E-state index in [1.807, 2.05) is 65.2 Å². The number of carbonyl (C=O) groups excluding carboxylic acids is 2. The Kier molecular flexibility index (Phi) is 5.90. The highest BCUT2D eigenvalue weighted by Gasteiger charge is 2.23. The summed E-state index contributed by atoms with van der Waals surface area (Å²) in [7, 11) is 0. The van der Waals surface area contributed by atoms with Crippen LogP contribution in [-0.2, 0) is 4.79 Å². The molecule has 1 amide bonds. The number of fused-ring (bicyclic) bond motifs is 1. The van der Waals surface area contributed by atoms with Crippen LogP contribution in [0.15, 0.2) is 78.0 Å². The molecule has 0 N–H and O–H groups in total. The number of ketones is 1. The molecule has 0 radical (unpaired) electrons. The summed E-state index contributed by atoms with van der Waals surface area (Å²) in [6.45, 7) is 0.922. The summed E-state index contributed by atoms with van der Waals surface area (Å²) in [5, 5.41) is 9.47. The molecule has 0 aliphatic carbocycles. The van der Waals surface area contributed by atoms with Gasteiger partial charge in [0.15, 0.2) is 28.3 Å². The Bertz CT molecular complexity index is 1440. The molecule has 2 aliphatic heterocycles. The number of thioether (sulfide) groups is 1. The van der Waals surface area contributed by atoms with Gasteiger partial charge < -0.3 is 14.4 Å². The first-order valence-electron chi connectivity index (χ1n) is 11.6. The Balaban J connectivity index is 1.24. The van der Waals surface area contributed by atoms with E-state index < -0.39 is 0 Å². The number of nitrogens with zero attached hydrogens (tertiary/aromatic N) is 4. The molecule has 0 unspecified atom stereocenters. The molecule has 0 spiro atoms. The highest BCUT2D eigenvalue weighted by Crippen LogP contribution is 2.37. The molecule has 9 heteroatoms. The van der Waals surface area contributed by atoms with Crippen LogP contribution < -0.4 is 14.4 Å². The van der Waals surface area contributed by atoms with E-state index in [9.17, 15) is 9.59 Å². The number of amides is 1. The first kappa shape index (κ1) is 22.4. The van der Waals surface area contributed by atoms with Gasteiger partial charge in [0.25, 0.3) is 0 Å². The molecular weight excluding hydrogens is 476 g/mol. The van der Waals surface area contributed by atoms with Crippen molar-refractivity contribution in [3.63, 3.8) is 0 Å². The van der Waals surface area contributed by atoms with Gasteiger partial charge in [0.1, 0.15) is 0 Å². The monoisotopic (exact) mass is 498 g/mol. The lowest BCUT2D eigenvalue weighted by atomic mass is 10.1. The molecule has 8 nitrogen and oxygen atoms in total. The summed E-state index contributed by atoms with van der Waals surface area (Å²) in [5.74, 6) is 2.32. The van der Waals surface area contributed by atoms with Gasteiger partial charge >= 0.3 is 0 Å². The van der Waals surface area contributed by atoms with Crippen molar-refractivity contribution in [3.05, 3.63) is 78.4 Å². The number of rotatable bonds is 7. The van der Waals surface area contributed by atoms with Crippen molar-refractivity contribution >= 4 is 29.1 Å². The van der Waals surface area contributed by atoms with Crippen LogP contribution in [-0.4, -0.2) is 45.5 Å². The molecule has 6 rings (SSSR count). The molecule has 1 saturated heterocycles. The van der Waals surface area contributed by atoms with E-state index in [4.69, 9.17) is 9.47 Å². The van der Waals surface area contributed by atoms with Gasteiger partial charge in [-0.25, -0.2) is 0 Å². The number of para-hydroxylation sites is 1. The Morgan fingerprint density at radius 1 is 0.917 bits per heavy atom. The number of carbonyl (C=O) groups is 2. The highest BCUT2D eigenvalue weighted by molar-refractivity contribution is 7.99. The summed E-state index contributed by atoms with van der Waals surface area (Å²) < 4.78 is 12.9. The van der Waals surface area contributed by atoms with E-state index >= 15 is 0 Å². The average molecular weight is 499 g/mol. The van der Waals surface area contributed by atoms with E-state index in [1.54, 1.807) is 17.0 Å². The Morgan fingerprint density at radius 2 is 1.72 bits per heavy atom. The zero-order chi connectivity index (χ0) is 24.5. The number of benzene rings is 3. The molecule has 2 aliphatic rings. The lowest BCUT2D eigenvalue weighted by molar-refractivity contribution is -0.117. The molecule has 3 aromatic carbocycles. The second-order valence-corrected chi connectivity index (χ2v) is 9.40. The number of aromatic nitrogens is 3. The van der Waals surface area contributed by atoms with Crippen LogP contribution in [0.3, 0.4) is 0 Å². The first-order chi connectivity index (χ1) is 17.7. The predicted molar refractivity (Wildman–Crippen MR) is 136 cm³/mol. The molecule has 3 heterocycles. The molecule has 0 saturated carbocycles. The normalized spacial score (nSPS) is 14.4. The van der Waals surface area contributed by atoms with Crippen LogP contribution in [0.25, 0.3) is 17.1 Å². The summed E-state index contributed by atoms with van der Waals surface area (Å²) in [6.07, 6.45) is 1.44. The number of anilines is 1. The number of Topliss-reactive ketones (excluding diaryl/α,β-unsaturated/α-hetero) is 1. The third-order valence-corrected chi connectivity index (χ3v) is 7.11. The Morgan fingerprint density at radius 3 is 2.50 bits per heavy atom. The van der Waals surface area contributed by atoms with Gasteiger partial charge in [-0.3, -0.25) is 14.2 Å². The molecule has 180 valence electrons. The van der Waals surface area contributed by atoms with Crippen molar-refractivity contribution < 1.29 is 19.1 Å². The van der Waals surface area contributed by atoms with E-state index in [-0.39, 0.29) is 24.2 Å². The fourth-order valence-electron chi connectivity index (χ4n) is 4.36. The average Bonchev–Trinajstić information content (AvgIpc) is 3.67. The minimum absolute atomic E-state index is 0.0217. The van der Waals surface area contributed by atoms with Gasteiger partial charge in [0.05, 0.1) is 5.75 Å². The van der Waals surface area contributed by atoms with Crippen molar-refractivity contribution in [2.24, 2.45) is 0 Å². The van der Waals surface area contributed by atoms with Crippen LogP contribution >= 0.6 is 11.8 Å². The highest BCUT2D eigenvalue weighted by atomic mass is 32.2. The molecule has 1 aromatic heterocycles. The molecule has 4 aromatic rings. The zero-order valence-corrected chi connectivity index (χ0v) is 20.1. The molecule has 0 bridgehead atoms. The zero-order valence-electron chi connectivity index (χ0n) is 19.3. The first-order valence-corrected chi connectivity index (χ1v) is 12.6. The van der Waals surface area contributed by atoms with Gasteiger partial charge in [-0.05, 0) is 61.0 Å².